The predicted octanol–water partition coefficient (Wildman–Crippen LogP) is 3.23. The zero-order chi connectivity index (χ0) is 9.90. The molecular formula is C10H14ClFO. The fourth-order valence-electron chi connectivity index (χ4n) is 1.79. The second kappa shape index (κ2) is 4.23. The van der Waals surface area contributed by atoms with Gasteiger partial charge in [-0.15, -0.1) is 0 Å². The number of halogens is 2. The Morgan fingerprint density at radius 2 is 2.08 bits per heavy atom. The summed E-state index contributed by atoms with van der Waals surface area (Å²) in [6, 6.07) is 0. The van der Waals surface area contributed by atoms with E-state index in [0.29, 0.717) is 25.7 Å². The fourth-order valence-corrected chi connectivity index (χ4v) is 2.01. The van der Waals surface area contributed by atoms with Crippen molar-refractivity contribution in [3.8, 4) is 0 Å². The quantitative estimate of drug-likeness (QED) is 0.499. The summed E-state index contributed by atoms with van der Waals surface area (Å²) >= 11 is 5.35. The van der Waals surface area contributed by atoms with Crippen molar-refractivity contribution in [2.75, 3.05) is 0 Å². The highest BCUT2D eigenvalue weighted by atomic mass is 35.5. The van der Waals surface area contributed by atoms with Crippen molar-refractivity contribution in [1.82, 2.24) is 0 Å². The highest BCUT2D eigenvalue weighted by Crippen LogP contribution is 2.36. The molecule has 1 aliphatic carbocycles. The first-order valence-electron chi connectivity index (χ1n) is 4.59. The minimum atomic E-state index is -1.20. The van der Waals surface area contributed by atoms with Crippen LogP contribution in [0.3, 0.4) is 0 Å². The topological polar surface area (TPSA) is 17.1 Å². The van der Waals surface area contributed by atoms with E-state index in [1.807, 2.05) is 0 Å². The summed E-state index contributed by atoms with van der Waals surface area (Å²) in [5.41, 5.74) is -1.20. The van der Waals surface area contributed by atoms with E-state index in [-0.39, 0.29) is 11.2 Å². The molecule has 0 aromatic heterocycles. The van der Waals surface area contributed by atoms with E-state index in [9.17, 15) is 9.18 Å². The fraction of sp³-hybridized carbons (Fsp3) is 0.700. The van der Waals surface area contributed by atoms with E-state index < -0.39 is 5.67 Å². The Bertz CT molecular complexity index is 217. The maximum absolute atomic E-state index is 13.8. The molecule has 0 aromatic carbocycles. The first-order chi connectivity index (χ1) is 6.07. The van der Waals surface area contributed by atoms with E-state index in [1.54, 1.807) is 19.1 Å². The smallest absolute Gasteiger partial charge is 0.224 e. The van der Waals surface area contributed by atoms with Gasteiger partial charge < -0.3 is 0 Å². The Morgan fingerprint density at radius 3 is 2.46 bits per heavy atom. The lowest BCUT2D eigenvalue weighted by Crippen LogP contribution is -2.29. The van der Waals surface area contributed by atoms with Gasteiger partial charge in [0, 0.05) is 5.92 Å². The zero-order valence-electron chi connectivity index (χ0n) is 7.72. The molecule has 1 aliphatic rings. The minimum Gasteiger partial charge on any atom is -0.281 e. The van der Waals surface area contributed by atoms with E-state index in [1.165, 1.54) is 0 Å². The molecular weight excluding hydrogens is 191 g/mol. The van der Waals surface area contributed by atoms with Crippen LogP contribution in [0.15, 0.2) is 12.2 Å². The SMILES string of the molecule is C/C=C/C1(F)CCC(C(=O)Cl)CC1. The molecule has 1 nitrogen and oxygen atoms in total. The first kappa shape index (κ1) is 10.7. The predicted molar refractivity (Wildman–Crippen MR) is 51.5 cm³/mol. The molecule has 0 amide bonds. The van der Waals surface area contributed by atoms with Crippen molar-refractivity contribution in [3.63, 3.8) is 0 Å². The molecule has 0 saturated heterocycles. The van der Waals surface area contributed by atoms with E-state index in [0.717, 1.165) is 0 Å². The highest BCUT2D eigenvalue weighted by molar-refractivity contribution is 6.63. The molecule has 0 aliphatic heterocycles. The Balaban J connectivity index is 2.51. The molecule has 0 radical (unpaired) electrons. The minimum absolute atomic E-state index is 0.129. The first-order valence-corrected chi connectivity index (χ1v) is 4.97. The van der Waals surface area contributed by atoms with Crippen LogP contribution >= 0.6 is 11.6 Å². The largest absolute Gasteiger partial charge is 0.281 e. The Labute approximate surface area is 83.0 Å². The van der Waals surface area contributed by atoms with Gasteiger partial charge in [0.05, 0.1) is 0 Å². The van der Waals surface area contributed by atoms with Crippen molar-refractivity contribution >= 4 is 16.8 Å². The molecule has 13 heavy (non-hydrogen) atoms. The van der Waals surface area contributed by atoms with Crippen LogP contribution in [0, 0.1) is 5.92 Å². The van der Waals surface area contributed by atoms with Crippen molar-refractivity contribution in [2.24, 2.45) is 5.92 Å². The zero-order valence-corrected chi connectivity index (χ0v) is 8.48. The highest BCUT2D eigenvalue weighted by Gasteiger charge is 2.34. The lowest BCUT2D eigenvalue weighted by molar-refractivity contribution is -0.116. The van der Waals surface area contributed by atoms with Crippen molar-refractivity contribution in [1.29, 1.82) is 0 Å². The summed E-state index contributed by atoms with van der Waals surface area (Å²) in [4.78, 5) is 10.8. The van der Waals surface area contributed by atoms with Crippen LogP contribution in [0.4, 0.5) is 4.39 Å². The molecule has 1 rings (SSSR count). The van der Waals surface area contributed by atoms with Crippen LogP contribution in [0.1, 0.15) is 32.6 Å². The normalized spacial score (nSPS) is 35.2. The van der Waals surface area contributed by atoms with Gasteiger partial charge in [0.15, 0.2) is 0 Å². The summed E-state index contributed by atoms with van der Waals surface area (Å²) in [5, 5.41) is -0.317. The number of allylic oxidation sites excluding steroid dienone is 2. The maximum atomic E-state index is 13.8. The number of hydrogen-bond donors (Lipinski definition) is 0. The van der Waals surface area contributed by atoms with E-state index >= 15 is 0 Å². The van der Waals surface area contributed by atoms with Crippen LogP contribution in [-0.2, 0) is 4.79 Å². The second-order valence-corrected chi connectivity index (χ2v) is 3.99. The van der Waals surface area contributed by atoms with Gasteiger partial charge in [0.25, 0.3) is 0 Å². The number of carbonyl (C=O) groups is 1. The summed E-state index contributed by atoms with van der Waals surface area (Å²) in [5.74, 6) is -0.129. The molecule has 74 valence electrons. The molecule has 0 bridgehead atoms. The lowest BCUT2D eigenvalue weighted by Gasteiger charge is -2.29. The molecule has 3 heteroatoms. The van der Waals surface area contributed by atoms with Crippen LogP contribution in [0.5, 0.6) is 0 Å². The molecule has 0 aromatic rings. The van der Waals surface area contributed by atoms with Crippen LogP contribution < -0.4 is 0 Å². The molecule has 1 saturated carbocycles. The van der Waals surface area contributed by atoms with Gasteiger partial charge >= 0.3 is 0 Å². The van der Waals surface area contributed by atoms with Crippen molar-refractivity contribution < 1.29 is 9.18 Å². The van der Waals surface area contributed by atoms with E-state index in [4.69, 9.17) is 11.6 Å². The van der Waals surface area contributed by atoms with Gasteiger partial charge in [-0.2, -0.15) is 0 Å². The third-order valence-corrected chi connectivity index (χ3v) is 2.91. The summed E-state index contributed by atoms with van der Waals surface area (Å²) in [6.45, 7) is 1.81. The van der Waals surface area contributed by atoms with Crippen molar-refractivity contribution in [3.05, 3.63) is 12.2 Å². The standard InChI is InChI=1S/C10H14ClFO/c1-2-5-10(12)6-3-8(4-7-10)9(11)13/h2,5,8H,3-4,6-7H2,1H3/b5-2+. The van der Waals surface area contributed by atoms with Crippen molar-refractivity contribution in [2.45, 2.75) is 38.3 Å². The van der Waals surface area contributed by atoms with Crippen LogP contribution in [0.25, 0.3) is 0 Å². The molecule has 0 atom stereocenters. The van der Waals surface area contributed by atoms with Gasteiger partial charge in [0.2, 0.25) is 5.24 Å². The van der Waals surface area contributed by atoms with Crippen LogP contribution in [0.2, 0.25) is 0 Å². The third kappa shape index (κ3) is 2.80. The summed E-state index contributed by atoms with van der Waals surface area (Å²) in [6.07, 6.45) is 5.29. The van der Waals surface area contributed by atoms with Gasteiger partial charge in [-0.25, -0.2) is 4.39 Å². The van der Waals surface area contributed by atoms with Gasteiger partial charge in [-0.05, 0) is 44.2 Å². The monoisotopic (exact) mass is 204 g/mol. The summed E-state index contributed by atoms with van der Waals surface area (Å²) in [7, 11) is 0. The molecule has 0 spiro atoms. The number of alkyl halides is 1. The molecule has 0 unspecified atom stereocenters. The number of carbonyl (C=O) groups excluding carboxylic acids is 1. The average Bonchev–Trinajstić information content (AvgIpc) is 2.05. The molecule has 0 N–H and O–H groups in total. The number of rotatable bonds is 2. The third-order valence-electron chi connectivity index (χ3n) is 2.60. The Kier molecular flexibility index (Phi) is 3.48. The Morgan fingerprint density at radius 1 is 1.54 bits per heavy atom. The maximum Gasteiger partial charge on any atom is 0.224 e. The van der Waals surface area contributed by atoms with Gasteiger partial charge in [0.1, 0.15) is 5.67 Å². The summed E-state index contributed by atoms with van der Waals surface area (Å²) < 4.78 is 13.8. The Hall–Kier alpha value is -0.370. The van der Waals surface area contributed by atoms with Gasteiger partial charge in [-0.1, -0.05) is 12.2 Å². The average molecular weight is 205 g/mol. The molecule has 1 fully saturated rings. The van der Waals surface area contributed by atoms with Crippen LogP contribution in [-0.4, -0.2) is 10.9 Å². The molecule has 0 heterocycles. The second-order valence-electron chi connectivity index (χ2n) is 3.61. The van der Waals surface area contributed by atoms with E-state index in [2.05, 4.69) is 0 Å². The van der Waals surface area contributed by atoms with Gasteiger partial charge in [-0.3, -0.25) is 4.79 Å². The lowest BCUT2D eigenvalue weighted by atomic mass is 9.80. The number of hydrogen-bond acceptors (Lipinski definition) is 1.